The molecule has 0 N–H and O–H groups in total. The molecule has 0 amide bonds. The average Bonchev–Trinajstić information content (AvgIpc) is 3.06. The molecule has 0 atom stereocenters. The van der Waals surface area contributed by atoms with E-state index < -0.39 is 0 Å². The van der Waals surface area contributed by atoms with Crippen LogP contribution in [-0.4, -0.2) is 19.5 Å². The molecule has 0 bridgehead atoms. The van der Waals surface area contributed by atoms with Gasteiger partial charge in [-0.25, -0.2) is 9.97 Å². The van der Waals surface area contributed by atoms with Gasteiger partial charge in [-0.3, -0.25) is 4.98 Å². The first kappa shape index (κ1) is 16.0. The largest absolute Gasteiger partial charge is 0.318 e. The van der Waals surface area contributed by atoms with E-state index in [2.05, 4.69) is 21.7 Å². The van der Waals surface area contributed by atoms with Gasteiger partial charge in [-0.2, -0.15) is 0 Å². The number of halogens is 1. The number of imidazole rings is 1. The summed E-state index contributed by atoms with van der Waals surface area (Å²) in [4.78, 5) is 14.2. The van der Waals surface area contributed by atoms with E-state index in [9.17, 15) is 0 Å². The van der Waals surface area contributed by atoms with Gasteiger partial charge in [0.25, 0.3) is 0 Å². The van der Waals surface area contributed by atoms with E-state index in [1.165, 1.54) is 5.56 Å². The minimum Gasteiger partial charge on any atom is -0.318 e. The first-order valence-corrected chi connectivity index (χ1v) is 9.07. The van der Waals surface area contributed by atoms with E-state index in [4.69, 9.17) is 21.6 Å². The lowest BCUT2D eigenvalue weighted by Gasteiger charge is -2.09. The Kier molecular flexibility index (Phi) is 3.84. The molecule has 5 heteroatoms. The molecule has 5 rings (SSSR count). The predicted octanol–water partition coefficient (Wildman–Crippen LogP) is 5.35. The Morgan fingerprint density at radius 2 is 1.56 bits per heavy atom. The lowest BCUT2D eigenvalue weighted by atomic mass is 10.2. The van der Waals surface area contributed by atoms with E-state index in [1.807, 2.05) is 60.7 Å². The Morgan fingerprint density at radius 1 is 0.778 bits per heavy atom. The maximum Gasteiger partial charge on any atom is 0.161 e. The van der Waals surface area contributed by atoms with Crippen molar-refractivity contribution in [1.29, 1.82) is 0 Å². The van der Waals surface area contributed by atoms with Crippen molar-refractivity contribution in [3.05, 3.63) is 89.6 Å². The van der Waals surface area contributed by atoms with Gasteiger partial charge < -0.3 is 4.57 Å². The number of hydrogen-bond acceptors (Lipinski definition) is 3. The maximum atomic E-state index is 6.26. The van der Waals surface area contributed by atoms with Crippen molar-refractivity contribution < 1.29 is 0 Å². The summed E-state index contributed by atoms with van der Waals surface area (Å²) in [6, 6.07) is 23.9. The second-order valence-electron chi connectivity index (χ2n) is 6.38. The van der Waals surface area contributed by atoms with Gasteiger partial charge in [0.1, 0.15) is 5.69 Å². The van der Waals surface area contributed by atoms with E-state index in [1.54, 1.807) is 6.20 Å². The molecule has 2 heterocycles. The third-order valence-corrected chi connectivity index (χ3v) is 4.81. The maximum absolute atomic E-state index is 6.26. The van der Waals surface area contributed by atoms with Crippen LogP contribution in [0.4, 0.5) is 0 Å². The molecule has 0 radical (unpaired) electrons. The third-order valence-electron chi connectivity index (χ3n) is 4.57. The first-order chi connectivity index (χ1) is 13.3. The van der Waals surface area contributed by atoms with Crippen molar-refractivity contribution in [1.82, 2.24) is 19.5 Å². The van der Waals surface area contributed by atoms with E-state index in [-0.39, 0.29) is 0 Å². The van der Waals surface area contributed by atoms with Gasteiger partial charge in [0.2, 0.25) is 0 Å². The van der Waals surface area contributed by atoms with Crippen LogP contribution in [0.25, 0.3) is 33.6 Å². The van der Waals surface area contributed by atoms with E-state index in [0.717, 1.165) is 33.6 Å². The molecule has 0 aliphatic carbocycles. The minimum atomic E-state index is 0.682. The summed E-state index contributed by atoms with van der Waals surface area (Å²) in [6.45, 7) is 0.682. The molecule has 130 valence electrons. The summed E-state index contributed by atoms with van der Waals surface area (Å²) in [7, 11) is 0. The summed E-state index contributed by atoms with van der Waals surface area (Å²) in [5, 5.41) is 0.688. The fourth-order valence-electron chi connectivity index (χ4n) is 3.28. The minimum absolute atomic E-state index is 0.682. The standard InChI is InChI=1S/C22H15ClN4/c23-16-10-11-19-21(12-16)27(14-15-6-2-1-3-7-15)22(26-19)20-13-24-17-8-4-5-9-18(17)25-20/h1-13H,14H2. The SMILES string of the molecule is Clc1ccc2nc(-c3cnc4ccccc4n3)n(Cc3ccccc3)c2c1. The van der Waals surface area contributed by atoms with Crippen LogP contribution in [0.1, 0.15) is 5.56 Å². The fraction of sp³-hybridized carbons (Fsp3) is 0.0455. The normalized spacial score (nSPS) is 11.3. The molecule has 0 saturated heterocycles. The van der Waals surface area contributed by atoms with Gasteiger partial charge in [-0.15, -0.1) is 0 Å². The van der Waals surface area contributed by atoms with Crippen molar-refractivity contribution in [2.75, 3.05) is 0 Å². The zero-order valence-electron chi connectivity index (χ0n) is 14.4. The van der Waals surface area contributed by atoms with Gasteiger partial charge in [0.05, 0.1) is 28.3 Å². The summed E-state index contributed by atoms with van der Waals surface area (Å²) in [5.41, 5.74) is 5.53. The highest BCUT2D eigenvalue weighted by Crippen LogP contribution is 2.27. The average molecular weight is 371 g/mol. The number of nitrogens with zero attached hydrogens (tertiary/aromatic N) is 4. The van der Waals surface area contributed by atoms with Crippen LogP contribution in [0, 0.1) is 0 Å². The summed E-state index contributed by atoms with van der Waals surface area (Å²) < 4.78 is 2.15. The van der Waals surface area contributed by atoms with Crippen LogP contribution >= 0.6 is 11.6 Å². The van der Waals surface area contributed by atoms with Gasteiger partial charge in [0.15, 0.2) is 5.82 Å². The van der Waals surface area contributed by atoms with E-state index in [0.29, 0.717) is 11.6 Å². The molecule has 0 aliphatic rings. The fourth-order valence-corrected chi connectivity index (χ4v) is 3.45. The highest BCUT2D eigenvalue weighted by molar-refractivity contribution is 6.31. The Morgan fingerprint density at radius 3 is 2.41 bits per heavy atom. The van der Waals surface area contributed by atoms with Crippen molar-refractivity contribution >= 4 is 33.7 Å². The number of benzene rings is 3. The topological polar surface area (TPSA) is 43.6 Å². The molecule has 27 heavy (non-hydrogen) atoms. The molecular formula is C22H15ClN4. The lowest BCUT2D eigenvalue weighted by Crippen LogP contribution is -2.03. The van der Waals surface area contributed by atoms with Crippen molar-refractivity contribution in [3.63, 3.8) is 0 Å². The monoisotopic (exact) mass is 370 g/mol. The molecule has 0 fully saturated rings. The zero-order chi connectivity index (χ0) is 18.2. The third kappa shape index (κ3) is 2.94. The molecule has 2 aromatic heterocycles. The van der Waals surface area contributed by atoms with E-state index >= 15 is 0 Å². The van der Waals surface area contributed by atoms with Crippen molar-refractivity contribution in [2.24, 2.45) is 0 Å². The Hall–Kier alpha value is -3.24. The smallest absolute Gasteiger partial charge is 0.161 e. The molecule has 0 unspecified atom stereocenters. The van der Waals surface area contributed by atoms with Crippen LogP contribution in [-0.2, 0) is 6.54 Å². The van der Waals surface area contributed by atoms with Gasteiger partial charge >= 0.3 is 0 Å². The second-order valence-corrected chi connectivity index (χ2v) is 6.82. The number of hydrogen-bond donors (Lipinski definition) is 0. The quantitative estimate of drug-likeness (QED) is 0.430. The van der Waals surface area contributed by atoms with Gasteiger partial charge in [-0.05, 0) is 35.9 Å². The number of rotatable bonds is 3. The van der Waals surface area contributed by atoms with Crippen LogP contribution in [0.3, 0.4) is 0 Å². The van der Waals surface area contributed by atoms with Crippen molar-refractivity contribution in [2.45, 2.75) is 6.54 Å². The second kappa shape index (κ2) is 6.49. The Labute approximate surface area is 161 Å². The predicted molar refractivity (Wildman–Crippen MR) is 109 cm³/mol. The number of para-hydroxylation sites is 2. The van der Waals surface area contributed by atoms with Crippen LogP contribution in [0.15, 0.2) is 79.0 Å². The van der Waals surface area contributed by atoms with Crippen LogP contribution in [0.5, 0.6) is 0 Å². The van der Waals surface area contributed by atoms with Gasteiger partial charge in [-0.1, -0.05) is 54.1 Å². The van der Waals surface area contributed by atoms with Gasteiger partial charge in [0, 0.05) is 11.6 Å². The van der Waals surface area contributed by atoms with Crippen LogP contribution < -0.4 is 0 Å². The molecule has 0 spiro atoms. The lowest BCUT2D eigenvalue weighted by molar-refractivity contribution is 0.830. The summed E-state index contributed by atoms with van der Waals surface area (Å²) in [6.07, 6.45) is 1.78. The Balaban J connectivity index is 1.73. The number of fused-ring (bicyclic) bond motifs is 2. The highest BCUT2D eigenvalue weighted by atomic mass is 35.5. The molecule has 5 aromatic rings. The summed E-state index contributed by atoms with van der Waals surface area (Å²) in [5.74, 6) is 0.786. The molecule has 0 aliphatic heterocycles. The zero-order valence-corrected chi connectivity index (χ0v) is 15.1. The summed E-state index contributed by atoms with van der Waals surface area (Å²) >= 11 is 6.26. The van der Waals surface area contributed by atoms with Crippen molar-refractivity contribution in [3.8, 4) is 11.5 Å². The van der Waals surface area contributed by atoms with Crippen LogP contribution in [0.2, 0.25) is 5.02 Å². The highest BCUT2D eigenvalue weighted by Gasteiger charge is 2.15. The molecule has 4 nitrogen and oxygen atoms in total. The first-order valence-electron chi connectivity index (χ1n) is 8.70. The molecule has 3 aromatic carbocycles. The molecule has 0 saturated carbocycles. The Bertz CT molecular complexity index is 1260. The molecular weight excluding hydrogens is 356 g/mol. The number of aromatic nitrogens is 4.